The molecule has 0 aliphatic carbocycles. The maximum Gasteiger partial charge on any atom is 0.303 e. The molecule has 2 aliphatic heterocycles. The largest absolute Gasteiger partial charge is 0.481 e. The lowest BCUT2D eigenvalue weighted by Gasteiger charge is -2.52. The van der Waals surface area contributed by atoms with Crippen molar-refractivity contribution in [3.05, 3.63) is 35.5 Å². The number of hydrogen-bond acceptors (Lipinski definition) is 2. The van der Waals surface area contributed by atoms with Crippen LogP contribution in [0.2, 0.25) is 0 Å². The van der Waals surface area contributed by atoms with Crippen molar-refractivity contribution in [1.82, 2.24) is 9.47 Å². The molecular weight excluding hydrogens is 312 g/mol. The number of nitrogens with zero attached hydrogens (tertiary/aromatic N) is 2. The van der Waals surface area contributed by atoms with E-state index in [1.165, 1.54) is 28.6 Å². The van der Waals surface area contributed by atoms with Gasteiger partial charge in [-0.25, -0.2) is 0 Å². The van der Waals surface area contributed by atoms with Gasteiger partial charge in [-0.1, -0.05) is 25.1 Å². The predicted molar refractivity (Wildman–Crippen MR) is 99.8 cm³/mol. The Morgan fingerprint density at radius 3 is 2.88 bits per heavy atom. The summed E-state index contributed by atoms with van der Waals surface area (Å²) in [6.45, 7) is 4.49. The molecule has 0 saturated carbocycles. The van der Waals surface area contributed by atoms with E-state index in [1.54, 1.807) is 0 Å². The lowest BCUT2D eigenvalue weighted by molar-refractivity contribution is -0.138. The van der Waals surface area contributed by atoms with Crippen LogP contribution in [-0.2, 0) is 18.3 Å². The summed E-state index contributed by atoms with van der Waals surface area (Å²) >= 11 is 0. The Kier molecular flexibility index (Phi) is 4.11. The zero-order chi connectivity index (χ0) is 17.6. The standard InChI is InChI=1S/C21H28N2O2/c1-3-21(12-9-18(24)25)11-6-13-23-14-10-16-15-7-4-5-8-17(15)22(2)19(16)20(21)23/h4-5,7-8,20H,3,6,9-14H2,1-2H3,(H,24,25)/t20-,21-/m1/s1. The summed E-state index contributed by atoms with van der Waals surface area (Å²) in [6, 6.07) is 9.06. The minimum absolute atomic E-state index is 0.0773. The Morgan fingerprint density at radius 1 is 1.32 bits per heavy atom. The number of piperidine rings is 1. The first kappa shape index (κ1) is 16.6. The Balaban J connectivity index is 1.87. The zero-order valence-corrected chi connectivity index (χ0v) is 15.3. The summed E-state index contributed by atoms with van der Waals surface area (Å²) in [6.07, 6.45) is 5.52. The van der Waals surface area contributed by atoms with Gasteiger partial charge in [0.1, 0.15) is 0 Å². The molecule has 4 nitrogen and oxygen atoms in total. The van der Waals surface area contributed by atoms with E-state index in [2.05, 4.69) is 47.7 Å². The molecule has 1 fully saturated rings. The third-order valence-electron chi connectivity index (χ3n) is 6.78. The Bertz CT molecular complexity index is 810. The van der Waals surface area contributed by atoms with Crippen LogP contribution in [0.4, 0.5) is 0 Å². The number of aryl methyl sites for hydroxylation is 1. The Hall–Kier alpha value is -1.81. The summed E-state index contributed by atoms with van der Waals surface area (Å²) in [5.74, 6) is -0.668. The van der Waals surface area contributed by atoms with Crippen LogP contribution in [0.25, 0.3) is 10.9 Å². The molecule has 0 bridgehead atoms. The molecule has 0 unspecified atom stereocenters. The van der Waals surface area contributed by atoms with Crippen LogP contribution in [0.5, 0.6) is 0 Å². The highest BCUT2D eigenvalue weighted by molar-refractivity contribution is 5.86. The van der Waals surface area contributed by atoms with Crippen LogP contribution in [-0.4, -0.2) is 33.6 Å². The van der Waals surface area contributed by atoms with Crippen molar-refractivity contribution < 1.29 is 9.90 Å². The van der Waals surface area contributed by atoms with E-state index in [4.69, 9.17) is 0 Å². The van der Waals surface area contributed by atoms with E-state index in [-0.39, 0.29) is 11.8 Å². The number of fused-ring (bicyclic) bond motifs is 5. The molecule has 2 aliphatic rings. The molecule has 2 atom stereocenters. The van der Waals surface area contributed by atoms with Gasteiger partial charge in [0.25, 0.3) is 0 Å². The number of benzene rings is 1. The van der Waals surface area contributed by atoms with Crippen LogP contribution in [0.15, 0.2) is 24.3 Å². The van der Waals surface area contributed by atoms with Gasteiger partial charge >= 0.3 is 5.97 Å². The summed E-state index contributed by atoms with van der Waals surface area (Å²) in [4.78, 5) is 13.9. The van der Waals surface area contributed by atoms with Crippen LogP contribution in [0.3, 0.4) is 0 Å². The van der Waals surface area contributed by atoms with Crippen molar-refractivity contribution in [1.29, 1.82) is 0 Å². The average molecular weight is 340 g/mol. The molecule has 25 heavy (non-hydrogen) atoms. The molecule has 3 heterocycles. The van der Waals surface area contributed by atoms with Crippen molar-refractivity contribution in [3.63, 3.8) is 0 Å². The highest BCUT2D eigenvalue weighted by Crippen LogP contribution is 2.54. The van der Waals surface area contributed by atoms with E-state index >= 15 is 0 Å². The van der Waals surface area contributed by atoms with Gasteiger partial charge < -0.3 is 9.67 Å². The van der Waals surface area contributed by atoms with Crippen molar-refractivity contribution in [2.45, 2.75) is 51.5 Å². The minimum Gasteiger partial charge on any atom is -0.481 e. The number of carbonyl (C=O) groups is 1. The quantitative estimate of drug-likeness (QED) is 0.910. The molecular formula is C21H28N2O2. The van der Waals surface area contributed by atoms with Gasteiger partial charge in [-0.2, -0.15) is 0 Å². The van der Waals surface area contributed by atoms with E-state index in [0.717, 1.165) is 38.8 Å². The molecule has 0 spiro atoms. The van der Waals surface area contributed by atoms with Gasteiger partial charge in [-0.05, 0) is 55.7 Å². The van der Waals surface area contributed by atoms with Crippen LogP contribution in [0, 0.1) is 5.41 Å². The number of aliphatic carboxylic acids is 1. The zero-order valence-electron chi connectivity index (χ0n) is 15.3. The average Bonchev–Trinajstić information content (AvgIpc) is 2.93. The third-order valence-corrected chi connectivity index (χ3v) is 6.78. The summed E-state index contributed by atoms with van der Waals surface area (Å²) in [5, 5.41) is 10.7. The first-order chi connectivity index (χ1) is 12.1. The van der Waals surface area contributed by atoms with Crippen molar-refractivity contribution in [2.75, 3.05) is 13.1 Å². The van der Waals surface area contributed by atoms with Gasteiger partial charge in [0, 0.05) is 36.6 Å². The van der Waals surface area contributed by atoms with E-state index in [1.807, 2.05) is 0 Å². The topological polar surface area (TPSA) is 45.5 Å². The maximum atomic E-state index is 11.3. The third kappa shape index (κ3) is 2.50. The number of hydrogen-bond donors (Lipinski definition) is 1. The lowest BCUT2D eigenvalue weighted by Crippen LogP contribution is -2.49. The fourth-order valence-corrected chi connectivity index (χ4v) is 5.51. The lowest BCUT2D eigenvalue weighted by atomic mass is 9.65. The van der Waals surface area contributed by atoms with E-state index in [0.29, 0.717) is 6.04 Å². The van der Waals surface area contributed by atoms with Gasteiger partial charge in [-0.3, -0.25) is 9.69 Å². The smallest absolute Gasteiger partial charge is 0.303 e. The van der Waals surface area contributed by atoms with Crippen LogP contribution >= 0.6 is 0 Å². The Labute approximate surface area is 149 Å². The van der Waals surface area contributed by atoms with Gasteiger partial charge in [0.15, 0.2) is 0 Å². The highest BCUT2D eigenvalue weighted by atomic mass is 16.4. The van der Waals surface area contributed by atoms with Crippen LogP contribution < -0.4 is 0 Å². The first-order valence-electron chi connectivity index (χ1n) is 9.59. The summed E-state index contributed by atoms with van der Waals surface area (Å²) < 4.78 is 2.39. The van der Waals surface area contributed by atoms with Gasteiger partial charge in [-0.15, -0.1) is 0 Å². The molecule has 134 valence electrons. The maximum absolute atomic E-state index is 11.3. The molecule has 1 aromatic carbocycles. The molecule has 1 saturated heterocycles. The number of carboxylic acid groups (broad SMARTS) is 1. The number of aromatic nitrogens is 1. The molecule has 0 radical (unpaired) electrons. The van der Waals surface area contributed by atoms with Gasteiger partial charge in [0.05, 0.1) is 6.04 Å². The first-order valence-corrected chi connectivity index (χ1v) is 9.59. The number of para-hydroxylation sites is 1. The van der Waals surface area contributed by atoms with Crippen molar-refractivity contribution in [3.8, 4) is 0 Å². The van der Waals surface area contributed by atoms with E-state index in [9.17, 15) is 9.90 Å². The van der Waals surface area contributed by atoms with Crippen molar-refractivity contribution in [2.24, 2.45) is 12.5 Å². The molecule has 0 amide bonds. The molecule has 2 aromatic rings. The fraction of sp³-hybridized carbons (Fsp3) is 0.571. The normalized spacial score (nSPS) is 26.4. The van der Waals surface area contributed by atoms with Crippen molar-refractivity contribution >= 4 is 16.9 Å². The van der Waals surface area contributed by atoms with Gasteiger partial charge in [0.2, 0.25) is 0 Å². The van der Waals surface area contributed by atoms with E-state index < -0.39 is 5.97 Å². The summed E-state index contributed by atoms with van der Waals surface area (Å²) in [7, 11) is 2.19. The Morgan fingerprint density at radius 2 is 2.12 bits per heavy atom. The summed E-state index contributed by atoms with van der Waals surface area (Å²) in [5.41, 5.74) is 4.32. The SMILES string of the molecule is CC[C@]1(CCC(=O)O)CCCN2CCc3c(n(C)c4ccccc34)[C@@H]21. The molecule has 1 N–H and O–H groups in total. The highest BCUT2D eigenvalue weighted by Gasteiger charge is 2.47. The monoisotopic (exact) mass is 340 g/mol. The number of rotatable bonds is 4. The second-order valence-corrected chi connectivity index (χ2v) is 7.84. The molecule has 4 heteroatoms. The second kappa shape index (κ2) is 6.17. The second-order valence-electron chi connectivity index (χ2n) is 7.84. The minimum atomic E-state index is -0.668. The predicted octanol–water partition coefficient (Wildman–Crippen LogP) is 4.13. The number of carboxylic acids is 1. The fourth-order valence-electron chi connectivity index (χ4n) is 5.51. The van der Waals surface area contributed by atoms with Crippen LogP contribution in [0.1, 0.15) is 56.3 Å². The molecule has 1 aromatic heterocycles. The molecule has 4 rings (SSSR count).